The molecule has 1 fully saturated rings. The van der Waals surface area contributed by atoms with Gasteiger partial charge < -0.3 is 4.90 Å². The van der Waals surface area contributed by atoms with Crippen LogP contribution < -0.4 is 0 Å². The number of thioether (sulfide) groups is 1. The van der Waals surface area contributed by atoms with E-state index in [1.54, 1.807) is 6.20 Å². The van der Waals surface area contributed by atoms with E-state index >= 15 is 0 Å². The standard InChI is InChI=1S/C15H20N2OS/c1-4-5-9-17-14(18)19-13(15(17,2)3)10-12-7-6-8-16-11-12/h6-8,10-11H,4-5,9H2,1-3H3/b13-10-. The molecule has 0 aliphatic carbocycles. The summed E-state index contributed by atoms with van der Waals surface area (Å²) in [7, 11) is 0. The summed E-state index contributed by atoms with van der Waals surface area (Å²) in [4.78, 5) is 19.3. The molecule has 0 bridgehead atoms. The van der Waals surface area contributed by atoms with Crippen LogP contribution in [0.15, 0.2) is 29.4 Å². The Labute approximate surface area is 119 Å². The summed E-state index contributed by atoms with van der Waals surface area (Å²) in [6.45, 7) is 7.21. The number of hydrogen-bond acceptors (Lipinski definition) is 3. The van der Waals surface area contributed by atoms with Gasteiger partial charge in [-0.15, -0.1) is 0 Å². The summed E-state index contributed by atoms with van der Waals surface area (Å²) < 4.78 is 0. The Hall–Kier alpha value is -1.29. The molecule has 3 nitrogen and oxygen atoms in total. The Morgan fingerprint density at radius 2 is 2.26 bits per heavy atom. The van der Waals surface area contributed by atoms with Crippen LogP contribution >= 0.6 is 11.8 Å². The monoisotopic (exact) mass is 276 g/mol. The average molecular weight is 276 g/mol. The summed E-state index contributed by atoms with van der Waals surface area (Å²) in [5.74, 6) is 0. The molecule has 102 valence electrons. The second-order valence-electron chi connectivity index (χ2n) is 5.23. The Morgan fingerprint density at radius 1 is 1.47 bits per heavy atom. The summed E-state index contributed by atoms with van der Waals surface area (Å²) >= 11 is 1.35. The number of unbranched alkanes of at least 4 members (excludes halogenated alkanes) is 1. The lowest BCUT2D eigenvalue weighted by Crippen LogP contribution is -2.41. The molecule has 1 aromatic heterocycles. The zero-order valence-electron chi connectivity index (χ0n) is 11.7. The van der Waals surface area contributed by atoms with Gasteiger partial charge in [0.25, 0.3) is 5.24 Å². The van der Waals surface area contributed by atoms with Crippen molar-refractivity contribution in [2.45, 2.75) is 39.2 Å². The SMILES string of the molecule is CCCCN1C(=O)S/C(=C\c2cccnc2)C1(C)C. The minimum atomic E-state index is -0.216. The van der Waals surface area contributed by atoms with Gasteiger partial charge in [0.1, 0.15) is 0 Å². The Kier molecular flexibility index (Phi) is 4.30. The molecule has 2 rings (SSSR count). The number of hydrogen-bond donors (Lipinski definition) is 0. The summed E-state index contributed by atoms with van der Waals surface area (Å²) in [5, 5.41) is 0.161. The topological polar surface area (TPSA) is 33.2 Å². The van der Waals surface area contributed by atoms with E-state index in [-0.39, 0.29) is 10.8 Å². The largest absolute Gasteiger partial charge is 0.324 e. The minimum Gasteiger partial charge on any atom is -0.324 e. The summed E-state index contributed by atoms with van der Waals surface area (Å²) in [6, 6.07) is 3.92. The van der Waals surface area contributed by atoms with E-state index in [0.29, 0.717) is 0 Å². The Morgan fingerprint density at radius 3 is 2.89 bits per heavy atom. The number of carbonyl (C=O) groups excluding carboxylic acids is 1. The van der Waals surface area contributed by atoms with E-state index in [1.165, 1.54) is 11.8 Å². The molecule has 19 heavy (non-hydrogen) atoms. The number of carbonyl (C=O) groups is 1. The van der Waals surface area contributed by atoms with Crippen LogP contribution in [0.2, 0.25) is 0 Å². The van der Waals surface area contributed by atoms with E-state index in [4.69, 9.17) is 0 Å². The first-order chi connectivity index (χ1) is 9.05. The fraction of sp³-hybridized carbons (Fsp3) is 0.467. The quantitative estimate of drug-likeness (QED) is 0.827. The van der Waals surface area contributed by atoms with Gasteiger partial charge in [-0.1, -0.05) is 19.4 Å². The van der Waals surface area contributed by atoms with Gasteiger partial charge in [0, 0.05) is 23.8 Å². The molecule has 1 aliphatic rings. The number of pyridine rings is 1. The fourth-order valence-corrected chi connectivity index (χ4v) is 3.31. The molecule has 0 radical (unpaired) electrons. The number of rotatable bonds is 4. The van der Waals surface area contributed by atoms with Crippen LogP contribution in [0.1, 0.15) is 39.2 Å². The van der Waals surface area contributed by atoms with Crippen LogP contribution in [-0.4, -0.2) is 27.2 Å². The molecule has 0 saturated carbocycles. The third-order valence-electron chi connectivity index (χ3n) is 3.41. The van der Waals surface area contributed by atoms with Gasteiger partial charge in [-0.25, -0.2) is 0 Å². The molecule has 1 aliphatic heterocycles. The van der Waals surface area contributed by atoms with E-state index in [1.807, 2.05) is 23.2 Å². The zero-order chi connectivity index (χ0) is 13.9. The molecule has 0 spiro atoms. The molecule has 0 unspecified atom stereocenters. The number of amides is 1. The second kappa shape index (κ2) is 5.78. The molecular formula is C15H20N2OS. The van der Waals surface area contributed by atoms with E-state index in [0.717, 1.165) is 29.9 Å². The first kappa shape index (κ1) is 14.1. The van der Waals surface area contributed by atoms with Crippen LogP contribution in [0.3, 0.4) is 0 Å². The van der Waals surface area contributed by atoms with Crippen molar-refractivity contribution >= 4 is 23.1 Å². The zero-order valence-corrected chi connectivity index (χ0v) is 12.5. The summed E-state index contributed by atoms with van der Waals surface area (Å²) in [5.41, 5.74) is 0.829. The van der Waals surface area contributed by atoms with Crippen LogP contribution in [0, 0.1) is 0 Å². The highest BCUT2D eigenvalue weighted by Gasteiger charge is 2.42. The molecule has 0 atom stereocenters. The lowest BCUT2D eigenvalue weighted by Gasteiger charge is -2.31. The van der Waals surface area contributed by atoms with Crippen LogP contribution in [-0.2, 0) is 0 Å². The number of aromatic nitrogens is 1. The van der Waals surface area contributed by atoms with Crippen molar-refractivity contribution in [3.05, 3.63) is 35.0 Å². The van der Waals surface area contributed by atoms with Crippen molar-refractivity contribution in [3.63, 3.8) is 0 Å². The normalized spacial score (nSPS) is 20.3. The Balaban J connectivity index is 2.24. The van der Waals surface area contributed by atoms with E-state index < -0.39 is 0 Å². The van der Waals surface area contributed by atoms with Crippen molar-refractivity contribution < 1.29 is 4.79 Å². The van der Waals surface area contributed by atoms with Crippen molar-refractivity contribution in [2.24, 2.45) is 0 Å². The van der Waals surface area contributed by atoms with Crippen molar-refractivity contribution in [1.82, 2.24) is 9.88 Å². The minimum absolute atomic E-state index is 0.161. The molecule has 4 heteroatoms. The highest BCUT2D eigenvalue weighted by atomic mass is 32.2. The molecule has 1 saturated heterocycles. The van der Waals surface area contributed by atoms with Gasteiger partial charge in [0.2, 0.25) is 0 Å². The molecule has 0 aromatic carbocycles. The molecule has 1 aromatic rings. The highest BCUT2D eigenvalue weighted by molar-refractivity contribution is 8.17. The van der Waals surface area contributed by atoms with Gasteiger partial charge in [-0.2, -0.15) is 0 Å². The average Bonchev–Trinajstić information content (AvgIpc) is 2.59. The Bertz CT molecular complexity index is 482. The first-order valence-electron chi connectivity index (χ1n) is 6.67. The van der Waals surface area contributed by atoms with Crippen molar-refractivity contribution in [3.8, 4) is 0 Å². The third kappa shape index (κ3) is 3.00. The van der Waals surface area contributed by atoms with Gasteiger partial charge in [0.15, 0.2) is 0 Å². The maximum Gasteiger partial charge on any atom is 0.286 e. The van der Waals surface area contributed by atoms with Gasteiger partial charge in [-0.3, -0.25) is 9.78 Å². The molecule has 0 N–H and O–H groups in total. The smallest absolute Gasteiger partial charge is 0.286 e. The molecule has 2 heterocycles. The van der Waals surface area contributed by atoms with E-state index in [9.17, 15) is 4.79 Å². The lowest BCUT2D eigenvalue weighted by atomic mass is 10.0. The lowest BCUT2D eigenvalue weighted by molar-refractivity contribution is 0.186. The molecule has 1 amide bonds. The van der Waals surface area contributed by atoms with E-state index in [2.05, 4.69) is 31.8 Å². The van der Waals surface area contributed by atoms with Gasteiger partial charge in [-0.05, 0) is 49.7 Å². The fourth-order valence-electron chi connectivity index (χ4n) is 2.14. The maximum atomic E-state index is 12.1. The van der Waals surface area contributed by atoms with Crippen LogP contribution in [0.5, 0.6) is 0 Å². The third-order valence-corrected chi connectivity index (χ3v) is 4.65. The van der Waals surface area contributed by atoms with Crippen molar-refractivity contribution in [1.29, 1.82) is 0 Å². The van der Waals surface area contributed by atoms with Crippen LogP contribution in [0.4, 0.5) is 4.79 Å². The maximum absolute atomic E-state index is 12.1. The van der Waals surface area contributed by atoms with Gasteiger partial charge >= 0.3 is 0 Å². The van der Waals surface area contributed by atoms with Crippen LogP contribution in [0.25, 0.3) is 6.08 Å². The molecular weight excluding hydrogens is 256 g/mol. The second-order valence-corrected chi connectivity index (χ2v) is 6.22. The number of nitrogens with zero attached hydrogens (tertiary/aromatic N) is 2. The van der Waals surface area contributed by atoms with Crippen molar-refractivity contribution in [2.75, 3.05) is 6.54 Å². The summed E-state index contributed by atoms with van der Waals surface area (Å²) in [6.07, 6.45) is 7.81. The predicted molar refractivity (Wildman–Crippen MR) is 80.9 cm³/mol. The predicted octanol–water partition coefficient (Wildman–Crippen LogP) is 4.17. The first-order valence-corrected chi connectivity index (χ1v) is 7.49. The highest BCUT2D eigenvalue weighted by Crippen LogP contribution is 2.44. The van der Waals surface area contributed by atoms with Gasteiger partial charge in [0.05, 0.1) is 5.54 Å².